The summed E-state index contributed by atoms with van der Waals surface area (Å²) in [7, 11) is 3.07. The number of primary amides is 1. The van der Waals surface area contributed by atoms with E-state index in [1.54, 1.807) is 12.1 Å². The van der Waals surface area contributed by atoms with E-state index in [9.17, 15) is 4.79 Å². The number of hydrogen-bond donors (Lipinski definition) is 1. The number of hydrogen-bond acceptors (Lipinski definition) is 4. The zero-order chi connectivity index (χ0) is 20.1. The van der Waals surface area contributed by atoms with Crippen LogP contribution in [-0.4, -0.2) is 18.2 Å². The van der Waals surface area contributed by atoms with Crippen molar-refractivity contribution in [3.63, 3.8) is 0 Å². The van der Waals surface area contributed by atoms with Crippen LogP contribution in [0.2, 0.25) is 5.02 Å². The molecule has 0 aromatic heterocycles. The molecule has 2 N–H and O–H groups in total. The third kappa shape index (κ3) is 7.26. The van der Waals surface area contributed by atoms with Crippen molar-refractivity contribution >= 4 is 23.7 Å². The molecular formula is C20H24ClKN3O2-. The molecule has 140 valence electrons. The second-order valence-corrected chi connectivity index (χ2v) is 7.94. The molecule has 7 heteroatoms. The first-order chi connectivity index (χ1) is 11.9. The van der Waals surface area contributed by atoms with Gasteiger partial charge in [-0.05, 0) is 18.6 Å². The first-order valence-corrected chi connectivity index (χ1v) is 8.40. The molecule has 0 saturated heterocycles. The van der Waals surface area contributed by atoms with Crippen LogP contribution in [0.3, 0.4) is 0 Å². The van der Waals surface area contributed by atoms with Crippen LogP contribution in [0, 0.1) is 35.8 Å². The minimum Gasteiger partial charge on any atom is -0.489 e. The van der Waals surface area contributed by atoms with Crippen molar-refractivity contribution in [3.8, 4) is 11.8 Å². The predicted molar refractivity (Wildman–Crippen MR) is 104 cm³/mol. The van der Waals surface area contributed by atoms with E-state index in [0.29, 0.717) is 10.6 Å². The van der Waals surface area contributed by atoms with Crippen LogP contribution in [0.4, 0.5) is 0 Å². The van der Waals surface area contributed by atoms with Gasteiger partial charge in [0, 0.05) is 16.9 Å². The Hall–Kier alpha value is -0.814. The topological polar surface area (TPSA) is 88.5 Å². The molecule has 0 aliphatic heterocycles. The third-order valence-corrected chi connectivity index (χ3v) is 4.47. The number of nitriles is 1. The first kappa shape index (κ1) is 26.2. The summed E-state index contributed by atoms with van der Waals surface area (Å²) in [4.78, 5) is 13.2. The standard InChI is InChI=1S/C15H18ClNO.C5H6N2O.K/c1-14(2)9-15(3,4)13(14)18-11-6-5-10(8-17)12(16)7-11;1-4(3-7-2)5(6)8;/h5-7,13H,9H2,1-4H3;1,3H,2H2,(H2,6,8);/q;-2;+1. The monoisotopic (exact) mass is 412 g/mol. The van der Waals surface area contributed by atoms with Crippen molar-refractivity contribution < 1.29 is 60.9 Å². The summed E-state index contributed by atoms with van der Waals surface area (Å²) in [6, 6.07) is 7.29. The van der Waals surface area contributed by atoms with Crippen LogP contribution < -0.4 is 61.9 Å². The molecule has 0 atom stereocenters. The van der Waals surface area contributed by atoms with E-state index in [-0.39, 0.29) is 73.9 Å². The van der Waals surface area contributed by atoms with E-state index in [4.69, 9.17) is 33.9 Å². The van der Waals surface area contributed by atoms with Crippen LogP contribution in [0.1, 0.15) is 39.7 Å². The summed E-state index contributed by atoms with van der Waals surface area (Å²) in [5.74, 6) is 0.0576. The van der Waals surface area contributed by atoms with Gasteiger partial charge >= 0.3 is 51.4 Å². The zero-order valence-corrected chi connectivity index (χ0v) is 20.4. The van der Waals surface area contributed by atoms with Gasteiger partial charge in [-0.25, -0.2) is 6.58 Å². The number of halogens is 1. The van der Waals surface area contributed by atoms with E-state index in [0.717, 1.165) is 18.4 Å². The SMILES string of the molecule is CC1(C)CC(C)(C)C1Oc1ccc(C#N)c(Cl)c1.[CH-]=C(C=N[CH2-])C(N)=O.[K+]. The van der Waals surface area contributed by atoms with Crippen LogP contribution >= 0.6 is 11.6 Å². The van der Waals surface area contributed by atoms with E-state index in [1.165, 1.54) is 0 Å². The smallest absolute Gasteiger partial charge is 0.489 e. The molecule has 0 spiro atoms. The van der Waals surface area contributed by atoms with Gasteiger partial charge < -0.3 is 20.3 Å². The fourth-order valence-corrected chi connectivity index (χ4v) is 3.78. The molecule has 0 unspecified atom stereocenters. The molecule has 1 saturated carbocycles. The molecule has 0 bridgehead atoms. The quantitative estimate of drug-likeness (QED) is 0.347. The van der Waals surface area contributed by atoms with Crippen molar-refractivity contribution in [1.82, 2.24) is 0 Å². The Bertz CT molecular complexity index is 753. The Kier molecular flexibility index (Phi) is 10.3. The normalized spacial score (nSPS) is 16.7. The second kappa shape index (κ2) is 10.7. The van der Waals surface area contributed by atoms with Gasteiger partial charge in [0.05, 0.1) is 10.6 Å². The number of rotatable bonds is 4. The Morgan fingerprint density at radius 2 is 2.00 bits per heavy atom. The number of amides is 1. The molecular weight excluding hydrogens is 389 g/mol. The number of nitrogens with two attached hydrogens (primary N) is 1. The van der Waals surface area contributed by atoms with Gasteiger partial charge in [0.1, 0.15) is 23.8 Å². The number of ether oxygens (including phenoxy) is 1. The summed E-state index contributed by atoms with van der Waals surface area (Å²) in [6.07, 6.45) is 2.42. The van der Waals surface area contributed by atoms with E-state index < -0.39 is 5.91 Å². The van der Waals surface area contributed by atoms with Crippen molar-refractivity contribution in [2.24, 2.45) is 21.6 Å². The second-order valence-electron chi connectivity index (χ2n) is 7.54. The summed E-state index contributed by atoms with van der Waals surface area (Å²) >= 11 is 6.01. The predicted octanol–water partition coefficient (Wildman–Crippen LogP) is 1.11. The molecule has 27 heavy (non-hydrogen) atoms. The fourth-order valence-electron chi connectivity index (χ4n) is 3.56. The first-order valence-electron chi connectivity index (χ1n) is 8.02. The molecule has 1 amide bonds. The fraction of sp³-hybridized carbons (Fsp3) is 0.400. The molecule has 1 aliphatic carbocycles. The minimum absolute atomic E-state index is 0. The van der Waals surface area contributed by atoms with Crippen LogP contribution in [0.5, 0.6) is 5.75 Å². The Morgan fingerprint density at radius 1 is 1.44 bits per heavy atom. The van der Waals surface area contributed by atoms with Crippen molar-refractivity contribution in [2.75, 3.05) is 0 Å². The van der Waals surface area contributed by atoms with Gasteiger partial charge in [-0.1, -0.05) is 39.3 Å². The average molecular weight is 413 g/mol. The Balaban J connectivity index is 0.000000645. The maximum Gasteiger partial charge on any atom is 1.00 e. The van der Waals surface area contributed by atoms with Crippen LogP contribution in [-0.2, 0) is 4.79 Å². The van der Waals surface area contributed by atoms with Crippen molar-refractivity contribution in [3.05, 3.63) is 48.0 Å². The number of nitrogens with zero attached hydrogens (tertiary/aromatic N) is 2. The number of carbonyl (C=O) groups is 1. The zero-order valence-electron chi connectivity index (χ0n) is 16.5. The van der Waals surface area contributed by atoms with Crippen molar-refractivity contribution in [2.45, 2.75) is 40.2 Å². The molecule has 1 aliphatic rings. The molecule has 1 aromatic carbocycles. The van der Waals surface area contributed by atoms with Gasteiger partial charge in [0.25, 0.3) is 0 Å². The molecule has 5 nitrogen and oxygen atoms in total. The van der Waals surface area contributed by atoms with E-state index in [1.807, 2.05) is 12.1 Å². The minimum atomic E-state index is -0.683. The van der Waals surface area contributed by atoms with Gasteiger partial charge in [0.2, 0.25) is 0 Å². The number of benzene rings is 1. The summed E-state index contributed by atoms with van der Waals surface area (Å²) < 4.78 is 6.07. The van der Waals surface area contributed by atoms with Gasteiger partial charge in [-0.2, -0.15) is 12.3 Å². The maximum atomic E-state index is 10.0. The summed E-state index contributed by atoms with van der Waals surface area (Å²) in [5, 5.41) is 9.29. The molecule has 2 rings (SSSR count). The summed E-state index contributed by atoms with van der Waals surface area (Å²) in [6.45, 7) is 13.8. The molecule has 1 fully saturated rings. The van der Waals surface area contributed by atoms with Gasteiger partial charge in [-0.3, -0.25) is 0 Å². The largest absolute Gasteiger partial charge is 1.00 e. The summed E-state index contributed by atoms with van der Waals surface area (Å²) in [5.41, 5.74) is 5.47. The maximum absolute atomic E-state index is 10.0. The number of carbonyl (C=O) groups excluding carboxylic acids is 1. The molecule has 1 aromatic rings. The van der Waals surface area contributed by atoms with Crippen molar-refractivity contribution in [1.29, 1.82) is 5.26 Å². The number of aliphatic imine (C=N–C) groups is 1. The molecule has 0 heterocycles. The van der Waals surface area contributed by atoms with E-state index in [2.05, 4.69) is 39.7 Å². The third-order valence-electron chi connectivity index (χ3n) is 4.16. The Morgan fingerprint density at radius 3 is 2.33 bits per heavy atom. The van der Waals surface area contributed by atoms with Crippen LogP contribution in [0.15, 0.2) is 28.8 Å². The van der Waals surface area contributed by atoms with Gasteiger partial charge in [0.15, 0.2) is 0 Å². The van der Waals surface area contributed by atoms with Crippen LogP contribution in [0.25, 0.3) is 0 Å². The van der Waals surface area contributed by atoms with Gasteiger partial charge in [-0.15, -0.1) is 11.8 Å². The Labute approximate surface area is 209 Å². The molecule has 0 radical (unpaired) electrons. The van der Waals surface area contributed by atoms with E-state index >= 15 is 0 Å². The average Bonchev–Trinajstić information content (AvgIpc) is 2.52.